The zero-order chi connectivity index (χ0) is 20.9. The number of hydrazine groups is 1. The summed E-state index contributed by atoms with van der Waals surface area (Å²) < 4.78 is 5.90. The first-order valence-corrected chi connectivity index (χ1v) is 9.40. The Balaban J connectivity index is 1.53. The summed E-state index contributed by atoms with van der Waals surface area (Å²) in [6, 6.07) is 23.5. The molecule has 1 aromatic heterocycles. The van der Waals surface area contributed by atoms with Crippen LogP contribution >= 0.6 is 0 Å². The second-order valence-corrected chi connectivity index (χ2v) is 6.72. The predicted molar refractivity (Wildman–Crippen MR) is 113 cm³/mol. The quantitative estimate of drug-likeness (QED) is 0.500. The topological polar surface area (TPSA) is 84.2 Å². The Bertz CT molecular complexity index is 1180. The third-order valence-corrected chi connectivity index (χ3v) is 4.57. The lowest BCUT2D eigenvalue weighted by molar-refractivity contribution is 0.0847. The predicted octanol–water partition coefficient (Wildman–Crippen LogP) is 4.39. The van der Waals surface area contributed by atoms with E-state index in [0.717, 1.165) is 11.1 Å². The summed E-state index contributed by atoms with van der Waals surface area (Å²) in [7, 11) is 0. The minimum atomic E-state index is -0.468. The molecule has 0 bridgehead atoms. The fraction of sp³-hybridized carbons (Fsp3) is 0.0417. The van der Waals surface area contributed by atoms with Gasteiger partial charge in [-0.05, 0) is 31.2 Å². The van der Waals surface area contributed by atoms with E-state index in [-0.39, 0.29) is 0 Å². The van der Waals surface area contributed by atoms with Crippen LogP contribution in [-0.4, -0.2) is 16.8 Å². The lowest BCUT2D eigenvalue weighted by Crippen LogP contribution is -2.41. The summed E-state index contributed by atoms with van der Waals surface area (Å²) in [6.45, 7) is 2.01. The molecule has 6 heteroatoms. The lowest BCUT2D eigenvalue weighted by Gasteiger charge is -2.09. The van der Waals surface area contributed by atoms with E-state index in [1.54, 1.807) is 54.7 Å². The molecular formula is C24H19N3O3. The van der Waals surface area contributed by atoms with Gasteiger partial charge in [0.25, 0.3) is 11.8 Å². The number of nitrogens with one attached hydrogen (secondary N) is 2. The molecule has 30 heavy (non-hydrogen) atoms. The molecule has 0 fully saturated rings. The molecule has 0 saturated carbocycles. The van der Waals surface area contributed by atoms with E-state index in [1.165, 1.54) is 0 Å². The molecule has 4 aromatic rings. The Morgan fingerprint density at radius 1 is 0.800 bits per heavy atom. The minimum Gasteiger partial charge on any atom is -0.436 e. The second kappa shape index (κ2) is 8.45. The maximum atomic E-state index is 12.7. The summed E-state index contributed by atoms with van der Waals surface area (Å²) in [5.74, 6) is 0.0625. The highest BCUT2D eigenvalue weighted by Crippen LogP contribution is 2.28. The molecule has 0 atom stereocenters. The summed E-state index contributed by atoms with van der Waals surface area (Å²) in [5, 5.41) is 0. The number of hydrogen-bond acceptors (Lipinski definition) is 4. The van der Waals surface area contributed by atoms with Gasteiger partial charge in [0.15, 0.2) is 5.76 Å². The molecule has 0 saturated heterocycles. The molecule has 148 valence electrons. The molecule has 1 heterocycles. The van der Waals surface area contributed by atoms with Crippen LogP contribution in [0.2, 0.25) is 0 Å². The van der Waals surface area contributed by atoms with Crippen molar-refractivity contribution < 1.29 is 14.0 Å². The number of aryl methyl sites for hydroxylation is 1. The van der Waals surface area contributed by atoms with Gasteiger partial charge in [-0.25, -0.2) is 4.98 Å². The molecule has 4 rings (SSSR count). The van der Waals surface area contributed by atoms with Crippen LogP contribution in [0.25, 0.3) is 22.8 Å². The van der Waals surface area contributed by atoms with Crippen molar-refractivity contribution in [1.29, 1.82) is 0 Å². The number of nitrogens with zero attached hydrogens (tertiary/aromatic N) is 1. The van der Waals surface area contributed by atoms with Crippen molar-refractivity contribution in [1.82, 2.24) is 15.8 Å². The van der Waals surface area contributed by atoms with Crippen molar-refractivity contribution >= 4 is 11.8 Å². The van der Waals surface area contributed by atoms with Crippen LogP contribution in [-0.2, 0) is 0 Å². The van der Waals surface area contributed by atoms with E-state index >= 15 is 0 Å². The molecule has 2 amide bonds. The first kappa shape index (κ1) is 19.1. The van der Waals surface area contributed by atoms with E-state index < -0.39 is 11.8 Å². The minimum absolute atomic E-state index is 0.325. The van der Waals surface area contributed by atoms with E-state index in [9.17, 15) is 9.59 Å². The highest BCUT2D eigenvalue weighted by atomic mass is 16.4. The number of hydrogen-bond donors (Lipinski definition) is 2. The van der Waals surface area contributed by atoms with Crippen LogP contribution in [0.15, 0.2) is 89.5 Å². The number of rotatable bonds is 4. The fourth-order valence-electron chi connectivity index (χ4n) is 2.96. The Morgan fingerprint density at radius 3 is 2.23 bits per heavy atom. The highest BCUT2D eigenvalue weighted by molar-refractivity contribution is 6.02. The van der Waals surface area contributed by atoms with Crippen LogP contribution in [0.1, 0.15) is 26.3 Å². The van der Waals surface area contributed by atoms with Crippen LogP contribution in [0.5, 0.6) is 0 Å². The van der Waals surface area contributed by atoms with Gasteiger partial charge in [-0.1, -0.05) is 60.2 Å². The zero-order valence-electron chi connectivity index (χ0n) is 16.3. The molecule has 0 radical (unpaired) electrons. The molecule has 0 spiro atoms. The third-order valence-electron chi connectivity index (χ3n) is 4.57. The first-order chi connectivity index (χ1) is 14.6. The maximum absolute atomic E-state index is 12.7. The summed E-state index contributed by atoms with van der Waals surface area (Å²) in [4.78, 5) is 29.2. The largest absolute Gasteiger partial charge is 0.436 e. The number of benzene rings is 3. The van der Waals surface area contributed by atoms with E-state index in [0.29, 0.717) is 28.3 Å². The van der Waals surface area contributed by atoms with Gasteiger partial charge < -0.3 is 4.42 Å². The average Bonchev–Trinajstić information content (AvgIpc) is 3.28. The summed E-state index contributed by atoms with van der Waals surface area (Å²) >= 11 is 0. The van der Waals surface area contributed by atoms with Gasteiger partial charge in [0, 0.05) is 16.7 Å². The summed E-state index contributed by atoms with van der Waals surface area (Å²) in [6.07, 6.45) is 1.63. The van der Waals surface area contributed by atoms with Crippen molar-refractivity contribution in [2.45, 2.75) is 6.92 Å². The van der Waals surface area contributed by atoms with Gasteiger partial charge in [0.05, 0.1) is 11.8 Å². The third kappa shape index (κ3) is 4.12. The SMILES string of the molecule is Cc1ccc(-c2cnc(-c3ccccc3C(=O)NNC(=O)c3ccccc3)o2)cc1. The van der Waals surface area contributed by atoms with Crippen molar-refractivity contribution in [2.24, 2.45) is 0 Å². The van der Waals surface area contributed by atoms with Gasteiger partial charge in [0.1, 0.15) is 0 Å². The van der Waals surface area contributed by atoms with Gasteiger partial charge in [-0.15, -0.1) is 0 Å². The van der Waals surface area contributed by atoms with Crippen LogP contribution in [0.3, 0.4) is 0 Å². The van der Waals surface area contributed by atoms with Crippen molar-refractivity contribution in [3.05, 3.63) is 102 Å². The van der Waals surface area contributed by atoms with Gasteiger partial charge in [0.2, 0.25) is 5.89 Å². The fourth-order valence-corrected chi connectivity index (χ4v) is 2.96. The number of oxazole rings is 1. The Kier molecular flexibility index (Phi) is 5.39. The monoisotopic (exact) mass is 397 g/mol. The normalized spacial score (nSPS) is 10.4. The van der Waals surface area contributed by atoms with Crippen LogP contribution in [0, 0.1) is 6.92 Å². The van der Waals surface area contributed by atoms with Gasteiger partial charge >= 0.3 is 0 Å². The standard InChI is InChI=1S/C24H19N3O3/c1-16-11-13-17(14-12-16)21-15-25-24(30-21)20-10-6-5-9-19(20)23(29)27-26-22(28)18-7-3-2-4-8-18/h2-15H,1H3,(H,26,28)(H,27,29). The molecular weight excluding hydrogens is 378 g/mol. The van der Waals surface area contributed by atoms with Crippen molar-refractivity contribution in [3.8, 4) is 22.8 Å². The van der Waals surface area contributed by atoms with E-state index in [1.807, 2.05) is 37.3 Å². The number of amides is 2. The van der Waals surface area contributed by atoms with E-state index in [4.69, 9.17) is 4.42 Å². The molecule has 0 unspecified atom stereocenters. The highest BCUT2D eigenvalue weighted by Gasteiger charge is 2.17. The lowest BCUT2D eigenvalue weighted by atomic mass is 10.1. The van der Waals surface area contributed by atoms with Gasteiger partial charge in [-0.2, -0.15) is 0 Å². The van der Waals surface area contributed by atoms with Crippen molar-refractivity contribution in [2.75, 3.05) is 0 Å². The molecule has 0 aliphatic carbocycles. The van der Waals surface area contributed by atoms with Gasteiger partial charge in [-0.3, -0.25) is 20.4 Å². The Labute approximate surface area is 173 Å². The molecule has 2 N–H and O–H groups in total. The maximum Gasteiger partial charge on any atom is 0.270 e. The molecule has 3 aromatic carbocycles. The number of carbonyl (C=O) groups excluding carboxylic acids is 2. The summed E-state index contributed by atoms with van der Waals surface area (Å²) in [5.41, 5.74) is 8.23. The molecule has 0 aliphatic rings. The number of aromatic nitrogens is 1. The van der Waals surface area contributed by atoms with Crippen LogP contribution < -0.4 is 10.9 Å². The zero-order valence-corrected chi connectivity index (χ0v) is 16.3. The number of carbonyl (C=O) groups is 2. The first-order valence-electron chi connectivity index (χ1n) is 9.40. The Morgan fingerprint density at radius 2 is 1.47 bits per heavy atom. The Hall–Kier alpha value is -4.19. The van der Waals surface area contributed by atoms with E-state index in [2.05, 4.69) is 15.8 Å². The van der Waals surface area contributed by atoms with Crippen LogP contribution in [0.4, 0.5) is 0 Å². The molecule has 6 nitrogen and oxygen atoms in total. The smallest absolute Gasteiger partial charge is 0.270 e. The average molecular weight is 397 g/mol. The molecule has 0 aliphatic heterocycles. The van der Waals surface area contributed by atoms with Crippen molar-refractivity contribution in [3.63, 3.8) is 0 Å². The second-order valence-electron chi connectivity index (χ2n) is 6.72.